The largest absolute Gasteiger partial charge is 0.299 e. The van der Waals surface area contributed by atoms with Crippen LogP contribution in [0.5, 0.6) is 0 Å². The summed E-state index contributed by atoms with van der Waals surface area (Å²) in [5, 5.41) is 13.1. The molecular weight excluding hydrogens is 238 g/mol. The fourth-order valence-corrected chi connectivity index (χ4v) is 2.86. The van der Waals surface area contributed by atoms with Crippen molar-refractivity contribution in [1.29, 1.82) is 5.26 Å². The molecule has 0 radical (unpaired) electrons. The lowest BCUT2D eigenvalue weighted by Crippen LogP contribution is -2.42. The third-order valence-electron chi connectivity index (χ3n) is 3.83. The van der Waals surface area contributed by atoms with Crippen molar-refractivity contribution in [3.05, 3.63) is 11.6 Å². The molecule has 1 fully saturated rings. The van der Waals surface area contributed by atoms with Gasteiger partial charge < -0.3 is 0 Å². The lowest BCUT2D eigenvalue weighted by Gasteiger charge is -2.35. The molecule has 0 bridgehead atoms. The van der Waals surface area contributed by atoms with E-state index in [4.69, 9.17) is 5.26 Å². The van der Waals surface area contributed by atoms with Crippen molar-refractivity contribution in [1.82, 2.24) is 19.7 Å². The van der Waals surface area contributed by atoms with E-state index in [0.29, 0.717) is 12.5 Å². The summed E-state index contributed by atoms with van der Waals surface area (Å²) < 4.78 is 2.03. The van der Waals surface area contributed by atoms with Crippen LogP contribution in [0.3, 0.4) is 0 Å². The Bertz CT molecular complexity index is 445. The number of piperidine rings is 1. The molecule has 5 nitrogen and oxygen atoms in total. The molecule has 2 heterocycles. The summed E-state index contributed by atoms with van der Waals surface area (Å²) in [6.45, 7) is 7.07. The van der Waals surface area contributed by atoms with Crippen LogP contribution in [0.4, 0.5) is 0 Å². The Labute approximate surface area is 115 Å². The highest BCUT2D eigenvalue weighted by Gasteiger charge is 2.23. The first kappa shape index (κ1) is 14.0. The van der Waals surface area contributed by atoms with E-state index in [2.05, 4.69) is 21.1 Å². The highest BCUT2D eigenvalue weighted by Crippen LogP contribution is 2.19. The second kappa shape index (κ2) is 6.67. The van der Waals surface area contributed by atoms with E-state index < -0.39 is 0 Å². The van der Waals surface area contributed by atoms with E-state index in [9.17, 15) is 0 Å². The Kier molecular flexibility index (Phi) is 4.92. The average molecular weight is 261 g/mol. The van der Waals surface area contributed by atoms with Gasteiger partial charge in [0.1, 0.15) is 11.6 Å². The van der Waals surface area contributed by atoms with Gasteiger partial charge in [0.2, 0.25) is 0 Å². The van der Waals surface area contributed by atoms with Gasteiger partial charge in [-0.2, -0.15) is 10.4 Å². The normalized spacial score (nSPS) is 20.4. The summed E-state index contributed by atoms with van der Waals surface area (Å²) in [5.41, 5.74) is 0. The van der Waals surface area contributed by atoms with Crippen molar-refractivity contribution in [2.24, 2.45) is 0 Å². The van der Waals surface area contributed by atoms with Crippen molar-refractivity contribution in [2.75, 3.05) is 13.1 Å². The first-order chi connectivity index (χ1) is 9.20. The standard InChI is InChI=1S/C14H23N5/c1-12-16-13(2)19(17-12)11-14-7-3-5-9-18(14)10-6-4-8-15/h14H,3-7,9-11H2,1-2H3/t14-/m1/s1. The number of rotatable bonds is 5. The molecule has 1 atom stereocenters. The predicted octanol–water partition coefficient (Wildman–Crippen LogP) is 2.05. The number of hydrogen-bond acceptors (Lipinski definition) is 4. The minimum Gasteiger partial charge on any atom is -0.299 e. The molecular formula is C14H23N5. The molecule has 0 N–H and O–H groups in total. The molecule has 0 spiro atoms. The Balaban J connectivity index is 1.95. The SMILES string of the molecule is Cc1nc(C)n(C[C@H]2CCCCN2CCCC#N)n1. The van der Waals surface area contributed by atoms with Crippen LogP contribution in [0.15, 0.2) is 0 Å². The smallest absolute Gasteiger partial charge is 0.147 e. The second-order valence-electron chi connectivity index (χ2n) is 5.34. The summed E-state index contributed by atoms with van der Waals surface area (Å²) in [7, 11) is 0. The summed E-state index contributed by atoms with van der Waals surface area (Å²) in [5.74, 6) is 1.85. The van der Waals surface area contributed by atoms with Gasteiger partial charge in [0.25, 0.3) is 0 Å². The molecule has 0 saturated carbocycles. The molecule has 0 amide bonds. The summed E-state index contributed by atoms with van der Waals surface area (Å²) in [4.78, 5) is 6.89. The first-order valence-corrected chi connectivity index (χ1v) is 7.19. The van der Waals surface area contributed by atoms with Crippen LogP contribution in [-0.4, -0.2) is 38.8 Å². The van der Waals surface area contributed by atoms with Gasteiger partial charge in [-0.25, -0.2) is 9.67 Å². The fourth-order valence-electron chi connectivity index (χ4n) is 2.86. The minimum absolute atomic E-state index is 0.548. The molecule has 0 aliphatic carbocycles. The molecule has 5 heteroatoms. The molecule has 1 aliphatic heterocycles. The zero-order valence-electron chi connectivity index (χ0n) is 12.0. The van der Waals surface area contributed by atoms with Crippen LogP contribution in [0.2, 0.25) is 0 Å². The maximum atomic E-state index is 8.65. The van der Waals surface area contributed by atoms with E-state index in [-0.39, 0.29) is 0 Å². The number of aryl methyl sites for hydroxylation is 2. The van der Waals surface area contributed by atoms with Gasteiger partial charge in [0.15, 0.2) is 0 Å². The highest BCUT2D eigenvalue weighted by atomic mass is 15.4. The minimum atomic E-state index is 0.548. The van der Waals surface area contributed by atoms with Gasteiger partial charge in [-0.05, 0) is 46.2 Å². The lowest BCUT2D eigenvalue weighted by atomic mass is 10.0. The fraction of sp³-hybridized carbons (Fsp3) is 0.786. The Morgan fingerprint density at radius 3 is 2.89 bits per heavy atom. The maximum Gasteiger partial charge on any atom is 0.147 e. The van der Waals surface area contributed by atoms with E-state index in [0.717, 1.165) is 37.7 Å². The molecule has 1 aromatic heterocycles. The molecule has 104 valence electrons. The number of hydrogen-bond donors (Lipinski definition) is 0. The lowest BCUT2D eigenvalue weighted by molar-refractivity contribution is 0.128. The zero-order chi connectivity index (χ0) is 13.7. The number of nitrogens with zero attached hydrogens (tertiary/aromatic N) is 5. The highest BCUT2D eigenvalue weighted by molar-refractivity contribution is 4.89. The van der Waals surface area contributed by atoms with Crippen molar-refractivity contribution in [3.63, 3.8) is 0 Å². The van der Waals surface area contributed by atoms with E-state index in [1.807, 2.05) is 18.5 Å². The number of likely N-dealkylation sites (tertiary alicyclic amines) is 1. The number of nitriles is 1. The van der Waals surface area contributed by atoms with Crippen molar-refractivity contribution < 1.29 is 0 Å². The van der Waals surface area contributed by atoms with Crippen LogP contribution in [0.25, 0.3) is 0 Å². The third kappa shape index (κ3) is 3.77. The van der Waals surface area contributed by atoms with Crippen molar-refractivity contribution in [3.8, 4) is 6.07 Å². The molecule has 0 unspecified atom stereocenters. The van der Waals surface area contributed by atoms with Crippen LogP contribution in [0, 0.1) is 25.2 Å². The van der Waals surface area contributed by atoms with Crippen LogP contribution in [-0.2, 0) is 6.54 Å². The Hall–Kier alpha value is -1.41. The summed E-state index contributed by atoms with van der Waals surface area (Å²) in [6, 6.07) is 2.78. The predicted molar refractivity (Wildman–Crippen MR) is 73.6 cm³/mol. The maximum absolute atomic E-state index is 8.65. The Morgan fingerprint density at radius 2 is 2.21 bits per heavy atom. The van der Waals surface area contributed by atoms with Gasteiger partial charge in [-0.1, -0.05) is 6.42 Å². The van der Waals surface area contributed by atoms with Gasteiger partial charge in [0.05, 0.1) is 12.6 Å². The molecule has 1 saturated heterocycles. The Morgan fingerprint density at radius 1 is 1.37 bits per heavy atom. The van der Waals surface area contributed by atoms with Gasteiger partial charge in [-0.3, -0.25) is 4.90 Å². The van der Waals surface area contributed by atoms with Crippen LogP contribution < -0.4 is 0 Å². The summed E-state index contributed by atoms with van der Waals surface area (Å²) in [6.07, 6.45) is 5.43. The molecule has 19 heavy (non-hydrogen) atoms. The van der Waals surface area contributed by atoms with Crippen LogP contribution >= 0.6 is 0 Å². The average Bonchev–Trinajstić information content (AvgIpc) is 2.70. The molecule has 1 aromatic rings. The van der Waals surface area contributed by atoms with E-state index >= 15 is 0 Å². The molecule has 0 aromatic carbocycles. The molecule has 1 aliphatic rings. The number of unbranched alkanes of at least 4 members (excludes halogenated alkanes) is 1. The van der Waals surface area contributed by atoms with Gasteiger partial charge >= 0.3 is 0 Å². The zero-order valence-corrected chi connectivity index (χ0v) is 12.0. The van der Waals surface area contributed by atoms with Crippen molar-refractivity contribution >= 4 is 0 Å². The van der Waals surface area contributed by atoms with Gasteiger partial charge in [0, 0.05) is 12.5 Å². The number of aromatic nitrogens is 3. The van der Waals surface area contributed by atoms with E-state index in [1.165, 1.54) is 19.3 Å². The monoisotopic (exact) mass is 261 g/mol. The quantitative estimate of drug-likeness (QED) is 0.761. The van der Waals surface area contributed by atoms with Crippen LogP contribution in [0.1, 0.15) is 43.8 Å². The van der Waals surface area contributed by atoms with Gasteiger partial charge in [-0.15, -0.1) is 0 Å². The summed E-state index contributed by atoms with van der Waals surface area (Å²) >= 11 is 0. The molecule has 2 rings (SSSR count). The topological polar surface area (TPSA) is 57.7 Å². The third-order valence-corrected chi connectivity index (χ3v) is 3.83. The first-order valence-electron chi connectivity index (χ1n) is 7.19. The van der Waals surface area contributed by atoms with E-state index in [1.54, 1.807) is 0 Å². The second-order valence-corrected chi connectivity index (χ2v) is 5.34. The van der Waals surface area contributed by atoms with Crippen molar-refractivity contribution in [2.45, 2.75) is 58.5 Å².